The fourth-order valence-corrected chi connectivity index (χ4v) is 4.06. The van der Waals surface area contributed by atoms with Gasteiger partial charge in [0.05, 0.1) is 11.4 Å². The van der Waals surface area contributed by atoms with E-state index in [0.29, 0.717) is 6.61 Å². The summed E-state index contributed by atoms with van der Waals surface area (Å²) < 4.78 is 8.08. The molecule has 4 heteroatoms. The molecule has 0 aliphatic rings. The van der Waals surface area contributed by atoms with Gasteiger partial charge in [-0.15, -0.1) is 0 Å². The minimum Gasteiger partial charge on any atom is -0.494 e. The summed E-state index contributed by atoms with van der Waals surface area (Å²) in [6.07, 6.45) is 0. The van der Waals surface area contributed by atoms with Crippen LogP contribution < -0.4 is 4.74 Å². The monoisotopic (exact) mass is 508 g/mol. The molecule has 0 aliphatic heterocycles. The average Bonchev–Trinajstić information content (AvgIpc) is 2.43. The van der Waals surface area contributed by atoms with Crippen molar-refractivity contribution in [1.82, 2.24) is 0 Å². The molecule has 0 heterocycles. The second-order valence-corrected chi connectivity index (χ2v) is 7.52. The van der Waals surface area contributed by atoms with Crippen LogP contribution in [0, 0.1) is 10.5 Å². The van der Waals surface area contributed by atoms with Gasteiger partial charge in [0.15, 0.2) is 0 Å². The molecule has 0 N–H and O–H groups in total. The standard InChI is InChI=1S/C16H15Br2IO/c1-3-20-15-7-4-10(2)8-13(15)16(18)12-9-11(19)5-6-14(12)17/h4-9,16H,3H2,1-2H3. The van der Waals surface area contributed by atoms with E-state index in [-0.39, 0.29) is 4.83 Å². The summed E-state index contributed by atoms with van der Waals surface area (Å²) in [5.74, 6) is 0.936. The summed E-state index contributed by atoms with van der Waals surface area (Å²) >= 11 is 9.79. The highest BCUT2D eigenvalue weighted by molar-refractivity contribution is 14.1. The molecule has 0 aliphatic carbocycles. The first-order valence-corrected chi connectivity index (χ1v) is 9.14. The molecule has 0 radical (unpaired) electrons. The number of ether oxygens (including phenoxy) is 1. The van der Waals surface area contributed by atoms with Crippen LogP contribution in [0.2, 0.25) is 0 Å². The lowest BCUT2D eigenvalue weighted by Gasteiger charge is -2.18. The Bertz CT molecular complexity index is 613. The zero-order valence-electron chi connectivity index (χ0n) is 11.3. The third kappa shape index (κ3) is 3.77. The average molecular weight is 510 g/mol. The number of rotatable bonds is 4. The Morgan fingerprint density at radius 1 is 1.15 bits per heavy atom. The molecular weight excluding hydrogens is 495 g/mol. The summed E-state index contributed by atoms with van der Waals surface area (Å²) in [6.45, 7) is 4.78. The zero-order chi connectivity index (χ0) is 14.7. The first-order valence-electron chi connectivity index (χ1n) is 6.35. The van der Waals surface area contributed by atoms with Crippen molar-refractivity contribution >= 4 is 54.5 Å². The van der Waals surface area contributed by atoms with Gasteiger partial charge in [0.2, 0.25) is 0 Å². The molecule has 20 heavy (non-hydrogen) atoms. The van der Waals surface area contributed by atoms with Crippen LogP contribution in [-0.2, 0) is 0 Å². The molecule has 2 rings (SSSR count). The minimum atomic E-state index is 0.105. The number of hydrogen-bond acceptors (Lipinski definition) is 1. The highest BCUT2D eigenvalue weighted by atomic mass is 127. The Hall–Kier alpha value is -0.0700. The van der Waals surface area contributed by atoms with Gasteiger partial charge in [0.25, 0.3) is 0 Å². The third-order valence-corrected chi connectivity index (χ3v) is 5.35. The second kappa shape index (κ2) is 7.27. The Morgan fingerprint density at radius 2 is 1.90 bits per heavy atom. The molecule has 0 fully saturated rings. The van der Waals surface area contributed by atoms with Crippen LogP contribution in [0.25, 0.3) is 0 Å². The van der Waals surface area contributed by atoms with Crippen molar-refractivity contribution < 1.29 is 4.74 Å². The van der Waals surface area contributed by atoms with Crippen molar-refractivity contribution in [3.8, 4) is 5.75 Å². The summed E-state index contributed by atoms with van der Waals surface area (Å²) in [7, 11) is 0. The maximum atomic E-state index is 5.76. The van der Waals surface area contributed by atoms with E-state index in [9.17, 15) is 0 Å². The van der Waals surface area contributed by atoms with E-state index < -0.39 is 0 Å². The van der Waals surface area contributed by atoms with Crippen molar-refractivity contribution in [2.24, 2.45) is 0 Å². The van der Waals surface area contributed by atoms with Gasteiger partial charge in [-0.2, -0.15) is 0 Å². The van der Waals surface area contributed by atoms with Gasteiger partial charge in [0.1, 0.15) is 5.75 Å². The lowest BCUT2D eigenvalue weighted by Crippen LogP contribution is -2.01. The molecule has 106 valence electrons. The summed E-state index contributed by atoms with van der Waals surface area (Å²) in [6, 6.07) is 12.7. The topological polar surface area (TPSA) is 9.23 Å². The first kappa shape index (κ1) is 16.3. The number of halogens is 3. The molecule has 1 nitrogen and oxygen atoms in total. The van der Waals surface area contributed by atoms with Crippen LogP contribution in [0.3, 0.4) is 0 Å². The van der Waals surface area contributed by atoms with Crippen LogP contribution >= 0.6 is 54.5 Å². The number of hydrogen-bond donors (Lipinski definition) is 0. The maximum Gasteiger partial charge on any atom is 0.123 e. The fourth-order valence-electron chi connectivity index (χ4n) is 2.03. The van der Waals surface area contributed by atoms with Crippen molar-refractivity contribution in [2.45, 2.75) is 18.7 Å². The Labute approximate surface area is 150 Å². The Kier molecular flexibility index (Phi) is 5.93. The van der Waals surface area contributed by atoms with Crippen molar-refractivity contribution in [3.05, 3.63) is 61.1 Å². The van der Waals surface area contributed by atoms with Gasteiger partial charge in [-0.05, 0) is 66.3 Å². The van der Waals surface area contributed by atoms with E-state index in [1.54, 1.807) is 0 Å². The predicted octanol–water partition coefficient (Wildman–Crippen LogP) is 6.25. The predicted molar refractivity (Wildman–Crippen MR) is 100.0 cm³/mol. The fraction of sp³-hybridized carbons (Fsp3) is 0.250. The number of alkyl halides is 1. The second-order valence-electron chi connectivity index (χ2n) is 4.50. The molecule has 1 unspecified atom stereocenters. The SMILES string of the molecule is CCOc1ccc(C)cc1C(Br)c1cc(I)ccc1Br. The van der Waals surface area contributed by atoms with Crippen LogP contribution in [0.4, 0.5) is 0 Å². The van der Waals surface area contributed by atoms with Crippen molar-refractivity contribution in [1.29, 1.82) is 0 Å². The van der Waals surface area contributed by atoms with Gasteiger partial charge >= 0.3 is 0 Å². The van der Waals surface area contributed by atoms with Gasteiger partial charge in [0, 0.05) is 13.6 Å². The quantitative estimate of drug-likeness (QED) is 0.350. The molecular formula is C16H15Br2IO. The summed E-state index contributed by atoms with van der Waals surface area (Å²) in [4.78, 5) is 0.105. The van der Waals surface area contributed by atoms with Gasteiger partial charge in [-0.25, -0.2) is 0 Å². The largest absolute Gasteiger partial charge is 0.494 e. The van der Waals surface area contributed by atoms with E-state index in [1.807, 2.05) is 13.0 Å². The maximum absolute atomic E-state index is 5.76. The molecule has 0 spiro atoms. The molecule has 0 aromatic heterocycles. The van der Waals surface area contributed by atoms with E-state index >= 15 is 0 Å². The van der Waals surface area contributed by atoms with E-state index in [2.05, 4.69) is 91.7 Å². The van der Waals surface area contributed by atoms with Crippen molar-refractivity contribution in [3.63, 3.8) is 0 Å². The molecule has 0 amide bonds. The van der Waals surface area contributed by atoms with Crippen molar-refractivity contribution in [2.75, 3.05) is 6.61 Å². The highest BCUT2D eigenvalue weighted by Gasteiger charge is 2.18. The lowest BCUT2D eigenvalue weighted by molar-refractivity contribution is 0.337. The number of benzene rings is 2. The molecule has 0 bridgehead atoms. The molecule has 2 aromatic carbocycles. The van der Waals surface area contributed by atoms with Gasteiger partial charge in [-0.3, -0.25) is 0 Å². The van der Waals surface area contributed by atoms with Gasteiger partial charge < -0.3 is 4.74 Å². The molecule has 0 saturated carbocycles. The van der Waals surface area contributed by atoms with Gasteiger partial charge in [-0.1, -0.05) is 49.6 Å². The lowest BCUT2D eigenvalue weighted by atomic mass is 10.0. The van der Waals surface area contributed by atoms with Crippen LogP contribution in [0.1, 0.15) is 28.4 Å². The Morgan fingerprint density at radius 3 is 2.60 bits per heavy atom. The Balaban J connectivity index is 2.49. The first-order chi connectivity index (χ1) is 9.52. The minimum absolute atomic E-state index is 0.105. The zero-order valence-corrected chi connectivity index (χ0v) is 16.6. The van der Waals surface area contributed by atoms with E-state index in [1.165, 1.54) is 14.7 Å². The van der Waals surface area contributed by atoms with Crippen LogP contribution in [0.5, 0.6) is 5.75 Å². The molecule has 0 saturated heterocycles. The summed E-state index contributed by atoms with van der Waals surface area (Å²) in [5.41, 5.74) is 3.60. The molecule has 1 atom stereocenters. The summed E-state index contributed by atoms with van der Waals surface area (Å²) in [5, 5.41) is 0. The van der Waals surface area contributed by atoms with E-state index in [0.717, 1.165) is 15.8 Å². The normalized spacial score (nSPS) is 12.2. The van der Waals surface area contributed by atoms with Crippen LogP contribution in [0.15, 0.2) is 40.9 Å². The number of aryl methyl sites for hydroxylation is 1. The van der Waals surface area contributed by atoms with Crippen LogP contribution in [-0.4, -0.2) is 6.61 Å². The van der Waals surface area contributed by atoms with E-state index in [4.69, 9.17) is 4.74 Å². The molecule has 2 aromatic rings. The smallest absolute Gasteiger partial charge is 0.123 e. The highest BCUT2D eigenvalue weighted by Crippen LogP contribution is 2.40. The third-order valence-electron chi connectivity index (χ3n) is 2.97.